The van der Waals surface area contributed by atoms with Crippen LogP contribution in [0.3, 0.4) is 0 Å². The lowest BCUT2D eigenvalue weighted by Gasteiger charge is -2.05. The van der Waals surface area contributed by atoms with Crippen molar-refractivity contribution in [2.75, 3.05) is 7.05 Å². The van der Waals surface area contributed by atoms with Crippen molar-refractivity contribution in [2.45, 2.75) is 25.8 Å². The molecule has 0 aliphatic heterocycles. The molecule has 1 aliphatic rings. The van der Waals surface area contributed by atoms with E-state index in [1.54, 1.807) is 32.2 Å². The molecule has 36 heavy (non-hydrogen) atoms. The van der Waals surface area contributed by atoms with Crippen LogP contribution in [-0.4, -0.2) is 53.7 Å². The summed E-state index contributed by atoms with van der Waals surface area (Å²) in [6, 6.07) is 5.26. The average molecular weight is 488 g/mol. The highest BCUT2D eigenvalue weighted by Gasteiger charge is 2.22. The maximum absolute atomic E-state index is 12.4. The van der Waals surface area contributed by atoms with Gasteiger partial charge >= 0.3 is 11.7 Å². The quantitative estimate of drug-likeness (QED) is 0.279. The number of H-pyrrole nitrogens is 2. The average Bonchev–Trinajstić information content (AvgIpc) is 3.35. The zero-order valence-electron chi connectivity index (χ0n) is 19.2. The second kappa shape index (κ2) is 8.08. The van der Waals surface area contributed by atoms with Gasteiger partial charge in [0.05, 0.1) is 17.8 Å². The standard InChI is InChI=1S/C23H20N8O5/c1-10-17(20(33)24-2)14-8-13(5-6-16(14)35-10)36-23-28-18-11(7-15-19(32)29-22(34)27-15)9-25-31(18)21(30-23)26-12-3-4-12/h5-9,12,32H,3-4H2,1-2H3,(H,24,33)(H2,27,29,34). The maximum atomic E-state index is 12.4. The van der Waals surface area contributed by atoms with Crippen molar-refractivity contribution < 1.29 is 19.1 Å². The Morgan fingerprint density at radius 2 is 2.17 bits per heavy atom. The number of amides is 1. The number of aromatic hydroxyl groups is 1. The minimum atomic E-state index is -0.542. The number of nitrogens with zero attached hydrogens (tertiary/aromatic N) is 5. The van der Waals surface area contributed by atoms with Gasteiger partial charge in [0, 0.05) is 17.7 Å². The lowest BCUT2D eigenvalue weighted by Crippen LogP contribution is -2.23. The molecule has 13 nitrogen and oxygen atoms in total. The monoisotopic (exact) mass is 488 g/mol. The van der Waals surface area contributed by atoms with E-state index >= 15 is 0 Å². The van der Waals surface area contributed by atoms with Crippen LogP contribution in [0.5, 0.6) is 17.6 Å². The molecule has 0 bridgehead atoms. The molecule has 5 aromatic rings. The van der Waals surface area contributed by atoms with Crippen LogP contribution >= 0.6 is 0 Å². The van der Waals surface area contributed by atoms with E-state index in [4.69, 9.17) is 9.15 Å². The van der Waals surface area contributed by atoms with Crippen LogP contribution in [0.4, 0.5) is 0 Å². The first-order valence-corrected chi connectivity index (χ1v) is 11.2. The normalized spacial score (nSPS) is 14.7. The number of ether oxygens (including phenoxy) is 1. The van der Waals surface area contributed by atoms with Crippen molar-refractivity contribution in [1.82, 2.24) is 34.9 Å². The van der Waals surface area contributed by atoms with E-state index in [1.165, 1.54) is 16.8 Å². The summed E-state index contributed by atoms with van der Waals surface area (Å²) < 4.78 is 13.2. The lowest BCUT2D eigenvalue weighted by atomic mass is 10.1. The van der Waals surface area contributed by atoms with Gasteiger partial charge in [-0.25, -0.2) is 9.79 Å². The summed E-state index contributed by atoms with van der Waals surface area (Å²) in [5.74, 6) is 0.323. The van der Waals surface area contributed by atoms with E-state index < -0.39 is 5.69 Å². The van der Waals surface area contributed by atoms with Crippen molar-refractivity contribution in [3.8, 4) is 17.6 Å². The predicted molar refractivity (Wildman–Crippen MR) is 126 cm³/mol. The number of fused-ring (bicyclic) bond motifs is 2. The van der Waals surface area contributed by atoms with E-state index in [9.17, 15) is 14.7 Å². The zero-order chi connectivity index (χ0) is 25.0. The molecule has 182 valence electrons. The Morgan fingerprint density at radius 1 is 1.33 bits per heavy atom. The Bertz CT molecular complexity index is 1840. The van der Waals surface area contributed by atoms with Crippen LogP contribution in [0.15, 0.2) is 38.6 Å². The maximum Gasteiger partial charge on any atom is 0.327 e. The van der Waals surface area contributed by atoms with Crippen molar-refractivity contribution in [2.24, 2.45) is 4.99 Å². The lowest BCUT2D eigenvalue weighted by molar-refractivity contribution is 0.0963. The Hall–Kier alpha value is -4.94. The number of aromatic nitrogens is 6. The largest absolute Gasteiger partial charge is 0.493 e. The third-order valence-corrected chi connectivity index (χ3v) is 5.74. The second-order valence-corrected chi connectivity index (χ2v) is 8.36. The molecule has 4 aromatic heterocycles. The molecular formula is C23H20N8O5. The highest BCUT2D eigenvalue weighted by Crippen LogP contribution is 2.30. The number of imidazole rings is 1. The molecule has 0 spiro atoms. The molecule has 1 aliphatic carbocycles. The fraction of sp³-hybridized carbons (Fsp3) is 0.217. The van der Waals surface area contributed by atoms with Gasteiger partial charge in [0.25, 0.3) is 11.5 Å². The molecule has 0 atom stereocenters. The van der Waals surface area contributed by atoms with Gasteiger partial charge in [0.15, 0.2) is 5.65 Å². The van der Waals surface area contributed by atoms with E-state index in [0.717, 1.165) is 12.8 Å². The molecule has 1 amide bonds. The van der Waals surface area contributed by atoms with E-state index in [2.05, 4.69) is 35.3 Å². The number of nitrogens with one attached hydrogen (secondary N) is 3. The molecule has 1 aromatic carbocycles. The summed E-state index contributed by atoms with van der Waals surface area (Å²) in [5.41, 5.74) is 1.29. The van der Waals surface area contributed by atoms with Gasteiger partial charge in [-0.15, -0.1) is 0 Å². The van der Waals surface area contributed by atoms with Crippen molar-refractivity contribution in [3.05, 3.63) is 62.7 Å². The van der Waals surface area contributed by atoms with Crippen LogP contribution in [0.2, 0.25) is 0 Å². The highest BCUT2D eigenvalue weighted by atomic mass is 16.5. The topological polar surface area (TPSA) is 176 Å². The number of hydrogen-bond acceptors (Lipinski definition) is 9. The summed E-state index contributed by atoms with van der Waals surface area (Å²) in [6.07, 6.45) is 4.97. The number of furan rings is 1. The summed E-state index contributed by atoms with van der Waals surface area (Å²) in [7, 11) is 1.55. The first-order chi connectivity index (χ1) is 17.4. The molecule has 6 rings (SSSR count). The third kappa shape index (κ3) is 3.76. The van der Waals surface area contributed by atoms with Crippen LogP contribution < -0.4 is 26.6 Å². The molecule has 0 saturated heterocycles. The number of benzene rings is 1. The predicted octanol–water partition coefficient (Wildman–Crippen LogP) is 0.664. The van der Waals surface area contributed by atoms with E-state index in [0.29, 0.717) is 44.5 Å². The number of hydrogen-bond donors (Lipinski definition) is 4. The number of aromatic amines is 2. The Kier molecular flexibility index (Phi) is 4.84. The Morgan fingerprint density at radius 3 is 2.89 bits per heavy atom. The van der Waals surface area contributed by atoms with Gasteiger partial charge < -0.3 is 24.6 Å². The van der Waals surface area contributed by atoms with E-state index in [1.807, 2.05) is 0 Å². The van der Waals surface area contributed by atoms with Gasteiger partial charge in [-0.1, -0.05) is 0 Å². The number of carbonyl (C=O) groups excluding carboxylic acids is 1. The van der Waals surface area contributed by atoms with Crippen LogP contribution in [0.25, 0.3) is 22.7 Å². The molecule has 0 radical (unpaired) electrons. The van der Waals surface area contributed by atoms with Gasteiger partial charge in [-0.05, 0) is 44.0 Å². The summed E-state index contributed by atoms with van der Waals surface area (Å²) >= 11 is 0. The molecule has 1 fully saturated rings. The smallest absolute Gasteiger partial charge is 0.327 e. The van der Waals surface area contributed by atoms with Crippen molar-refractivity contribution in [1.29, 1.82) is 0 Å². The molecule has 1 saturated carbocycles. The minimum Gasteiger partial charge on any atom is -0.493 e. The van der Waals surface area contributed by atoms with Crippen molar-refractivity contribution >= 4 is 28.6 Å². The Balaban J connectivity index is 1.48. The summed E-state index contributed by atoms with van der Waals surface area (Å²) in [6.45, 7) is 1.72. The molecule has 0 unspecified atom stereocenters. The second-order valence-electron chi connectivity index (χ2n) is 8.36. The first kappa shape index (κ1) is 21.6. The number of aryl methyl sites for hydroxylation is 1. The SMILES string of the molecule is CNC(=O)c1c(C)oc2ccc(Oc3nc(=NC4CC4)n4ncc(=Cc5[nH]c(=O)[nH]c5O)c4n3)cc12. The van der Waals surface area contributed by atoms with Crippen LogP contribution in [0.1, 0.15) is 34.7 Å². The fourth-order valence-corrected chi connectivity index (χ4v) is 3.88. The van der Waals surface area contributed by atoms with Gasteiger partial charge in [0.2, 0.25) is 5.88 Å². The zero-order valence-corrected chi connectivity index (χ0v) is 19.2. The third-order valence-electron chi connectivity index (χ3n) is 5.74. The minimum absolute atomic E-state index is 0.0184. The van der Waals surface area contributed by atoms with Gasteiger partial charge in [-0.3, -0.25) is 9.78 Å². The summed E-state index contributed by atoms with van der Waals surface area (Å²) in [4.78, 5) is 42.2. The van der Waals surface area contributed by atoms with Gasteiger partial charge in [-0.2, -0.15) is 19.6 Å². The van der Waals surface area contributed by atoms with Gasteiger partial charge in [0.1, 0.15) is 22.8 Å². The van der Waals surface area contributed by atoms with E-state index in [-0.39, 0.29) is 29.5 Å². The van der Waals surface area contributed by atoms with Crippen LogP contribution in [-0.2, 0) is 0 Å². The fourth-order valence-electron chi connectivity index (χ4n) is 3.88. The number of rotatable bonds is 5. The molecular weight excluding hydrogens is 468 g/mol. The Labute approximate surface area is 201 Å². The molecule has 4 heterocycles. The molecule has 13 heteroatoms. The van der Waals surface area contributed by atoms with Crippen LogP contribution in [0, 0.1) is 6.92 Å². The highest BCUT2D eigenvalue weighted by molar-refractivity contribution is 6.07. The summed E-state index contributed by atoms with van der Waals surface area (Å²) in [5, 5.41) is 18.0. The first-order valence-electron chi connectivity index (χ1n) is 11.2. The number of carbonyl (C=O) groups is 1. The molecule has 4 N–H and O–H groups in total. The van der Waals surface area contributed by atoms with Crippen molar-refractivity contribution in [3.63, 3.8) is 0 Å².